The predicted molar refractivity (Wildman–Crippen MR) is 207 cm³/mol. The molecule has 0 unspecified atom stereocenters. The fourth-order valence-electron chi connectivity index (χ4n) is 7.85. The normalized spacial score (nSPS) is 19.0. The average Bonchev–Trinajstić information content (AvgIpc) is 3.62. The second-order valence-electron chi connectivity index (χ2n) is 15.7. The van der Waals surface area contributed by atoms with Crippen LogP contribution in [0.15, 0.2) is 30.3 Å². The van der Waals surface area contributed by atoms with Crippen LogP contribution in [0.2, 0.25) is 0 Å². The number of hydrogen-bond donors (Lipinski definition) is 4. The van der Waals surface area contributed by atoms with Gasteiger partial charge in [0.25, 0.3) is 5.91 Å². The topological polar surface area (TPSA) is 170 Å². The molecule has 1 aliphatic rings. The monoisotopic (exact) mass is 761 g/mol. The van der Waals surface area contributed by atoms with Crippen molar-refractivity contribution in [3.63, 3.8) is 0 Å². The van der Waals surface area contributed by atoms with Crippen molar-refractivity contribution >= 4 is 29.5 Å². The lowest BCUT2D eigenvalue weighted by Crippen LogP contribution is -2.59. The van der Waals surface area contributed by atoms with Crippen LogP contribution in [-0.4, -0.2) is 134 Å². The van der Waals surface area contributed by atoms with Crippen molar-refractivity contribution in [2.45, 2.75) is 123 Å². The van der Waals surface area contributed by atoms with E-state index in [4.69, 9.17) is 9.47 Å². The molecule has 2 rings (SSSR count). The van der Waals surface area contributed by atoms with Gasteiger partial charge in [-0.1, -0.05) is 85.2 Å². The number of hydrogen-bond acceptors (Lipinski definition) is 9. The van der Waals surface area contributed by atoms with Gasteiger partial charge in [0.15, 0.2) is 0 Å². The van der Waals surface area contributed by atoms with Crippen LogP contribution >= 0.6 is 0 Å². The summed E-state index contributed by atoms with van der Waals surface area (Å²) in [6.45, 7) is 14.0. The lowest BCUT2D eigenvalue weighted by atomic mass is 9.89. The third kappa shape index (κ3) is 12.2. The Morgan fingerprint density at radius 3 is 2.02 bits per heavy atom. The van der Waals surface area contributed by atoms with E-state index in [0.29, 0.717) is 19.4 Å². The minimum Gasteiger partial charge on any atom is -0.379 e. The molecule has 1 aliphatic heterocycles. The Morgan fingerprint density at radius 1 is 0.889 bits per heavy atom. The maximum Gasteiger partial charge on any atom is 0.266 e. The number of benzene rings is 1. The number of amides is 5. The maximum absolute atomic E-state index is 14.2. The van der Waals surface area contributed by atoms with E-state index < -0.39 is 60.1 Å². The fraction of sp³-hybridized carbons (Fsp3) is 0.725. The number of hydroxylamine groups is 1. The molecule has 0 bridgehead atoms. The molecule has 54 heavy (non-hydrogen) atoms. The van der Waals surface area contributed by atoms with E-state index in [2.05, 4.69) is 10.6 Å². The zero-order chi connectivity index (χ0) is 40.9. The number of carbonyl (C=O) groups is 5. The van der Waals surface area contributed by atoms with Crippen LogP contribution < -0.4 is 16.1 Å². The number of ether oxygens (including phenoxy) is 2. The van der Waals surface area contributed by atoms with Crippen LogP contribution in [0.25, 0.3) is 0 Å². The summed E-state index contributed by atoms with van der Waals surface area (Å²) in [4.78, 5) is 73.2. The first-order chi connectivity index (χ1) is 25.4. The summed E-state index contributed by atoms with van der Waals surface area (Å²) in [5.74, 6) is -2.80. The third-order valence-electron chi connectivity index (χ3n) is 11.0. The first-order valence-corrected chi connectivity index (χ1v) is 19.3. The first-order valence-electron chi connectivity index (χ1n) is 19.3. The van der Waals surface area contributed by atoms with Gasteiger partial charge in [-0.05, 0) is 50.3 Å². The van der Waals surface area contributed by atoms with E-state index in [-0.39, 0.29) is 48.3 Å². The molecule has 1 aromatic rings. The van der Waals surface area contributed by atoms with Gasteiger partial charge in [-0.25, -0.2) is 5.48 Å². The molecule has 1 saturated heterocycles. The summed E-state index contributed by atoms with van der Waals surface area (Å²) in [6.07, 6.45) is 0.846. The molecule has 0 spiro atoms. The first kappa shape index (κ1) is 46.6. The molecule has 0 aromatic heterocycles. The summed E-state index contributed by atoms with van der Waals surface area (Å²) in [6, 6.07) is 6.03. The lowest BCUT2D eigenvalue weighted by Gasteiger charge is -2.41. The molecule has 14 nitrogen and oxygen atoms in total. The van der Waals surface area contributed by atoms with E-state index >= 15 is 0 Å². The van der Waals surface area contributed by atoms with Gasteiger partial charge in [0, 0.05) is 34.2 Å². The Hall–Kier alpha value is -3.59. The molecule has 1 heterocycles. The molecule has 1 fully saturated rings. The standard InChI is InChI=1S/C40H68N6O8/c1-13-26(6)35(45(10)40(51)33(24(2)3)42-39(50)34(25(4)5)44(8)9)31(53-11)23-32(47)46-21-17-20-30(46)36(54-12)27(7)37(48)41-29(38(49)43-52)22-28-18-15-14-16-19-28/h14-16,18-19,24-27,29-31,33-36,52H,13,17,20-23H2,1-12H3,(H,41,48)(H,42,50)(H,43,49)/t26-,27+,29-,30-,31+,33-,34-,35-,36+/m0/s1. The van der Waals surface area contributed by atoms with Crippen molar-refractivity contribution in [2.75, 3.05) is 41.9 Å². The smallest absolute Gasteiger partial charge is 0.266 e. The highest BCUT2D eigenvalue weighted by molar-refractivity contribution is 5.90. The summed E-state index contributed by atoms with van der Waals surface area (Å²) in [5.41, 5.74) is 2.45. The average molecular weight is 761 g/mol. The quantitative estimate of drug-likeness (QED) is 0.109. The molecular weight excluding hydrogens is 692 g/mol. The Morgan fingerprint density at radius 2 is 1.52 bits per heavy atom. The second kappa shape index (κ2) is 22.1. The van der Waals surface area contributed by atoms with E-state index in [9.17, 15) is 29.2 Å². The summed E-state index contributed by atoms with van der Waals surface area (Å²) in [7, 11) is 8.45. The molecule has 0 saturated carbocycles. The van der Waals surface area contributed by atoms with Gasteiger partial charge >= 0.3 is 0 Å². The van der Waals surface area contributed by atoms with Gasteiger partial charge in [0.2, 0.25) is 23.6 Å². The Balaban J connectivity index is 2.29. The van der Waals surface area contributed by atoms with Crippen LogP contribution in [0.1, 0.15) is 79.7 Å². The van der Waals surface area contributed by atoms with Crippen LogP contribution in [-0.2, 0) is 39.9 Å². The number of methoxy groups -OCH3 is 2. The largest absolute Gasteiger partial charge is 0.379 e. The van der Waals surface area contributed by atoms with Crippen molar-refractivity contribution in [1.29, 1.82) is 0 Å². The van der Waals surface area contributed by atoms with Crippen molar-refractivity contribution < 1.29 is 38.7 Å². The van der Waals surface area contributed by atoms with Crippen LogP contribution in [0.3, 0.4) is 0 Å². The third-order valence-corrected chi connectivity index (χ3v) is 11.0. The minimum atomic E-state index is -1.03. The second-order valence-corrected chi connectivity index (χ2v) is 15.7. The SMILES string of the molecule is CC[C@H](C)[C@@H]([C@@H](CC(=O)N1CCC[C@H]1[C@H](OC)[C@@H](C)C(=O)N[C@@H](Cc1ccccc1)C(=O)NO)OC)N(C)C(=O)[C@@H](NC(=O)[C@H](C(C)C)N(C)C)C(C)C. The molecule has 306 valence electrons. The van der Waals surface area contributed by atoms with Crippen LogP contribution in [0, 0.1) is 23.7 Å². The number of likely N-dealkylation sites (tertiary alicyclic amines) is 1. The van der Waals surface area contributed by atoms with Gasteiger partial charge < -0.3 is 29.9 Å². The number of nitrogens with zero attached hydrogens (tertiary/aromatic N) is 3. The van der Waals surface area contributed by atoms with Crippen molar-refractivity contribution in [3.05, 3.63) is 35.9 Å². The zero-order valence-electron chi connectivity index (χ0n) is 34.6. The van der Waals surface area contributed by atoms with Crippen molar-refractivity contribution in [3.8, 4) is 0 Å². The van der Waals surface area contributed by atoms with E-state index in [1.807, 2.05) is 90.9 Å². The minimum absolute atomic E-state index is 0.0127. The number of nitrogens with one attached hydrogen (secondary N) is 3. The highest BCUT2D eigenvalue weighted by atomic mass is 16.5. The maximum atomic E-state index is 14.2. The molecule has 14 heteroatoms. The molecule has 4 N–H and O–H groups in total. The van der Waals surface area contributed by atoms with E-state index in [1.165, 1.54) is 14.2 Å². The number of rotatable bonds is 21. The van der Waals surface area contributed by atoms with E-state index in [1.54, 1.807) is 29.3 Å². The zero-order valence-corrected chi connectivity index (χ0v) is 34.6. The molecule has 5 amide bonds. The van der Waals surface area contributed by atoms with Gasteiger partial charge in [0.1, 0.15) is 12.1 Å². The van der Waals surface area contributed by atoms with Crippen molar-refractivity contribution in [1.82, 2.24) is 30.8 Å². The van der Waals surface area contributed by atoms with Crippen LogP contribution in [0.4, 0.5) is 0 Å². The van der Waals surface area contributed by atoms with Gasteiger partial charge in [-0.2, -0.15) is 0 Å². The van der Waals surface area contributed by atoms with Crippen molar-refractivity contribution in [2.24, 2.45) is 23.7 Å². The van der Waals surface area contributed by atoms with Crippen LogP contribution in [0.5, 0.6) is 0 Å². The van der Waals surface area contributed by atoms with Gasteiger partial charge in [-0.3, -0.25) is 34.1 Å². The van der Waals surface area contributed by atoms with Gasteiger partial charge in [0.05, 0.1) is 42.7 Å². The molecule has 1 aromatic carbocycles. The summed E-state index contributed by atoms with van der Waals surface area (Å²) in [5, 5.41) is 15.2. The number of carbonyl (C=O) groups excluding carboxylic acids is 5. The highest BCUT2D eigenvalue weighted by Crippen LogP contribution is 2.30. The fourth-order valence-corrected chi connectivity index (χ4v) is 7.85. The van der Waals surface area contributed by atoms with E-state index in [0.717, 1.165) is 12.0 Å². The highest BCUT2D eigenvalue weighted by Gasteiger charge is 2.43. The Labute approximate surface area is 323 Å². The number of likely N-dealkylation sites (N-methyl/N-ethyl adjacent to an activating group) is 2. The summed E-state index contributed by atoms with van der Waals surface area (Å²) >= 11 is 0. The Kier molecular flexibility index (Phi) is 19.0. The molecular formula is C40H68N6O8. The summed E-state index contributed by atoms with van der Waals surface area (Å²) < 4.78 is 11.9. The lowest BCUT2D eigenvalue weighted by molar-refractivity contribution is -0.148. The molecule has 9 atom stereocenters. The Bertz CT molecular complexity index is 1350. The molecule has 0 radical (unpaired) electrons. The molecule has 0 aliphatic carbocycles. The predicted octanol–water partition coefficient (Wildman–Crippen LogP) is 2.87. The van der Waals surface area contributed by atoms with Gasteiger partial charge in [-0.15, -0.1) is 0 Å².